The van der Waals surface area contributed by atoms with Crippen LogP contribution in [0.3, 0.4) is 0 Å². The largest absolute Gasteiger partial charge is 0.466 e. The first-order chi connectivity index (χ1) is 30.0. The van der Waals surface area contributed by atoms with Crippen molar-refractivity contribution in [2.75, 3.05) is 13.2 Å². The molecule has 0 aromatic heterocycles. The van der Waals surface area contributed by atoms with Gasteiger partial charge in [0.25, 0.3) is 0 Å². The number of hydrogen-bond donors (Lipinski definition) is 3. The molecule has 2 unspecified atom stereocenters. The molecule has 0 spiro atoms. The molecule has 1 amide bonds. The first kappa shape index (κ1) is 59.1. The van der Waals surface area contributed by atoms with Crippen molar-refractivity contribution in [1.29, 1.82) is 0 Å². The molecule has 0 aromatic rings. The van der Waals surface area contributed by atoms with Gasteiger partial charge in [-0.05, 0) is 77.0 Å². The monoisotopic (exact) mass is 858 g/mol. The Labute approximate surface area is 379 Å². The molecule has 0 rings (SSSR count). The van der Waals surface area contributed by atoms with E-state index in [0.717, 1.165) is 70.6 Å². The third-order valence-corrected chi connectivity index (χ3v) is 12.1. The molecule has 0 radical (unpaired) electrons. The number of esters is 1. The molecule has 0 saturated heterocycles. The summed E-state index contributed by atoms with van der Waals surface area (Å²) in [6, 6.07) is -0.649. The predicted octanol–water partition coefficient (Wildman–Crippen LogP) is 16.1. The number of amides is 1. The number of hydrogen-bond acceptors (Lipinski definition) is 5. The van der Waals surface area contributed by atoms with Crippen LogP contribution >= 0.6 is 0 Å². The topological polar surface area (TPSA) is 95.9 Å². The highest BCUT2D eigenvalue weighted by molar-refractivity contribution is 5.76. The molecule has 6 heteroatoms. The molecule has 3 N–H and O–H groups in total. The van der Waals surface area contributed by atoms with Gasteiger partial charge in [-0.2, -0.15) is 0 Å². The Morgan fingerprint density at radius 2 is 0.787 bits per heavy atom. The standard InChI is InChI=1S/C55H103NO5/c1-3-5-7-9-11-13-15-16-17-18-19-20-21-22-24-28-31-35-39-43-47-53(58)52(51-57)56-54(59)48-44-40-36-32-29-25-23-26-30-34-38-42-46-50-61-55(60)49-45-41-37-33-27-14-12-10-8-6-4-2/h10,12,25,29,43,47,52-53,57-58H,3-9,11,13-24,26-28,30-42,44-46,48-51H2,1-2H3,(H,56,59)/b12-10-,29-25-,47-43+. The molecule has 6 nitrogen and oxygen atoms in total. The van der Waals surface area contributed by atoms with Crippen LogP contribution in [0.5, 0.6) is 0 Å². The van der Waals surface area contributed by atoms with E-state index in [1.54, 1.807) is 6.08 Å². The van der Waals surface area contributed by atoms with E-state index in [2.05, 4.69) is 43.5 Å². The van der Waals surface area contributed by atoms with Gasteiger partial charge in [-0.15, -0.1) is 0 Å². The van der Waals surface area contributed by atoms with Gasteiger partial charge in [0, 0.05) is 12.8 Å². The first-order valence-electron chi connectivity index (χ1n) is 26.8. The lowest BCUT2D eigenvalue weighted by Gasteiger charge is -2.19. The van der Waals surface area contributed by atoms with Crippen LogP contribution in [0.2, 0.25) is 0 Å². The van der Waals surface area contributed by atoms with E-state index in [9.17, 15) is 19.8 Å². The van der Waals surface area contributed by atoms with Crippen molar-refractivity contribution in [3.05, 3.63) is 36.5 Å². The Balaban J connectivity index is 3.55. The molecule has 0 aromatic carbocycles. The Hall–Kier alpha value is -1.92. The van der Waals surface area contributed by atoms with Gasteiger partial charge in [0.15, 0.2) is 0 Å². The van der Waals surface area contributed by atoms with E-state index in [0.29, 0.717) is 19.4 Å². The van der Waals surface area contributed by atoms with Gasteiger partial charge in [-0.3, -0.25) is 9.59 Å². The number of nitrogens with one attached hydrogen (secondary N) is 1. The normalized spacial score (nSPS) is 12.9. The molecular weight excluding hydrogens is 755 g/mol. The molecule has 0 fully saturated rings. The minimum absolute atomic E-state index is 0.0254. The zero-order valence-electron chi connectivity index (χ0n) is 40.6. The SMILES string of the molecule is CCCC/C=C\CCCCCCCC(=O)OCCCCCCCC/C=C\CCCCCC(=O)NC(CO)C(O)/C=C/CCCCCCCCCCCCCCCCCCCC. The molecule has 0 saturated carbocycles. The van der Waals surface area contributed by atoms with Crippen molar-refractivity contribution in [2.24, 2.45) is 0 Å². The summed E-state index contributed by atoms with van der Waals surface area (Å²) in [5.74, 6) is -0.123. The van der Waals surface area contributed by atoms with E-state index in [1.807, 2.05) is 6.08 Å². The van der Waals surface area contributed by atoms with E-state index < -0.39 is 12.1 Å². The molecule has 0 heterocycles. The van der Waals surface area contributed by atoms with Gasteiger partial charge in [0.2, 0.25) is 5.91 Å². The number of carbonyl (C=O) groups excluding carboxylic acids is 2. The Morgan fingerprint density at radius 3 is 1.23 bits per heavy atom. The summed E-state index contributed by atoms with van der Waals surface area (Å²) in [4.78, 5) is 24.4. The molecule has 2 atom stereocenters. The highest BCUT2D eigenvalue weighted by atomic mass is 16.5. The predicted molar refractivity (Wildman–Crippen MR) is 264 cm³/mol. The Kier molecular flexibility index (Phi) is 49.1. The second-order valence-corrected chi connectivity index (χ2v) is 18.2. The second-order valence-electron chi connectivity index (χ2n) is 18.2. The van der Waals surface area contributed by atoms with Crippen molar-refractivity contribution in [3.63, 3.8) is 0 Å². The van der Waals surface area contributed by atoms with Gasteiger partial charge in [0.1, 0.15) is 0 Å². The van der Waals surface area contributed by atoms with Crippen molar-refractivity contribution in [2.45, 2.75) is 289 Å². The number of allylic oxidation sites excluding steroid dienone is 5. The molecule has 358 valence electrons. The highest BCUT2D eigenvalue weighted by Crippen LogP contribution is 2.16. The lowest BCUT2D eigenvalue weighted by atomic mass is 10.0. The second kappa shape index (κ2) is 50.7. The summed E-state index contributed by atoms with van der Waals surface area (Å²) >= 11 is 0. The van der Waals surface area contributed by atoms with E-state index >= 15 is 0 Å². The fourth-order valence-electron chi connectivity index (χ4n) is 7.96. The summed E-state index contributed by atoms with van der Waals surface area (Å²) in [6.07, 6.45) is 61.5. The lowest BCUT2D eigenvalue weighted by molar-refractivity contribution is -0.143. The smallest absolute Gasteiger partial charge is 0.305 e. The van der Waals surface area contributed by atoms with Crippen LogP contribution in [0, 0.1) is 0 Å². The van der Waals surface area contributed by atoms with E-state index in [4.69, 9.17) is 4.74 Å². The van der Waals surface area contributed by atoms with Gasteiger partial charge < -0.3 is 20.3 Å². The number of carbonyl (C=O) groups is 2. The van der Waals surface area contributed by atoms with Crippen LogP contribution in [0.1, 0.15) is 277 Å². The van der Waals surface area contributed by atoms with Crippen LogP contribution < -0.4 is 5.32 Å². The minimum Gasteiger partial charge on any atom is -0.466 e. The summed E-state index contributed by atoms with van der Waals surface area (Å²) in [5, 5.41) is 23.1. The maximum absolute atomic E-state index is 12.4. The Morgan fingerprint density at radius 1 is 0.443 bits per heavy atom. The molecule has 61 heavy (non-hydrogen) atoms. The van der Waals surface area contributed by atoms with Crippen molar-refractivity contribution >= 4 is 11.9 Å². The molecule has 0 aliphatic rings. The maximum atomic E-state index is 12.4. The molecule has 0 aliphatic carbocycles. The van der Waals surface area contributed by atoms with Crippen LogP contribution in [-0.4, -0.2) is 47.4 Å². The van der Waals surface area contributed by atoms with Crippen LogP contribution in [-0.2, 0) is 14.3 Å². The van der Waals surface area contributed by atoms with Gasteiger partial charge >= 0.3 is 5.97 Å². The van der Waals surface area contributed by atoms with E-state index in [1.165, 1.54) is 180 Å². The van der Waals surface area contributed by atoms with Gasteiger partial charge in [-0.25, -0.2) is 0 Å². The van der Waals surface area contributed by atoms with E-state index in [-0.39, 0.29) is 18.5 Å². The Bertz CT molecular complexity index is 993. The van der Waals surface area contributed by atoms with Crippen LogP contribution in [0.25, 0.3) is 0 Å². The summed E-state index contributed by atoms with van der Waals surface area (Å²) in [6.45, 7) is 4.82. The van der Waals surface area contributed by atoms with Crippen molar-refractivity contribution in [1.82, 2.24) is 5.32 Å². The molecular formula is C55H103NO5. The zero-order valence-corrected chi connectivity index (χ0v) is 40.6. The van der Waals surface area contributed by atoms with Crippen molar-refractivity contribution < 1.29 is 24.5 Å². The number of rotatable bonds is 49. The van der Waals surface area contributed by atoms with Crippen LogP contribution in [0.15, 0.2) is 36.5 Å². The molecule has 0 bridgehead atoms. The average molecular weight is 858 g/mol. The summed E-state index contributed by atoms with van der Waals surface area (Å²) in [7, 11) is 0. The van der Waals surface area contributed by atoms with Gasteiger partial charge in [-0.1, -0.05) is 224 Å². The third kappa shape index (κ3) is 47.4. The summed E-state index contributed by atoms with van der Waals surface area (Å²) in [5.41, 5.74) is 0. The quantitative estimate of drug-likeness (QED) is 0.0322. The first-order valence-corrected chi connectivity index (χ1v) is 26.8. The fraction of sp³-hybridized carbons (Fsp3) is 0.855. The van der Waals surface area contributed by atoms with Crippen LogP contribution in [0.4, 0.5) is 0 Å². The number of ether oxygens (including phenoxy) is 1. The number of unbranched alkanes of at least 4 members (excludes halogenated alkanes) is 34. The lowest BCUT2D eigenvalue weighted by Crippen LogP contribution is -2.45. The average Bonchev–Trinajstić information content (AvgIpc) is 3.26. The fourth-order valence-corrected chi connectivity index (χ4v) is 7.96. The number of aliphatic hydroxyl groups is 2. The maximum Gasteiger partial charge on any atom is 0.305 e. The summed E-state index contributed by atoms with van der Waals surface area (Å²) < 4.78 is 5.43. The molecule has 0 aliphatic heterocycles. The number of aliphatic hydroxyl groups excluding tert-OH is 2. The van der Waals surface area contributed by atoms with Crippen molar-refractivity contribution in [3.8, 4) is 0 Å². The third-order valence-electron chi connectivity index (χ3n) is 12.1. The highest BCUT2D eigenvalue weighted by Gasteiger charge is 2.18. The zero-order chi connectivity index (χ0) is 44.4. The minimum atomic E-state index is -0.862. The van der Waals surface area contributed by atoms with Gasteiger partial charge in [0.05, 0.1) is 25.4 Å².